The molecule has 286 valence electrons. The number of thiophene rings is 1. The molecule has 1 aromatic heterocycles. The summed E-state index contributed by atoms with van der Waals surface area (Å²) in [6.07, 6.45) is 2.44. The number of hydrogen-bond donors (Lipinski definition) is 3. The molecule has 0 bridgehead atoms. The van der Waals surface area contributed by atoms with Crippen LogP contribution in [0.5, 0.6) is 23.0 Å². The average molecular weight is 772 g/mol. The third kappa shape index (κ3) is 6.81. The maximum absolute atomic E-state index is 13.3. The van der Waals surface area contributed by atoms with Crippen LogP contribution in [0.2, 0.25) is 0 Å². The second kappa shape index (κ2) is 14.6. The number of aromatic hydroxyl groups is 2. The van der Waals surface area contributed by atoms with Gasteiger partial charge in [0.05, 0.1) is 16.0 Å². The lowest BCUT2D eigenvalue weighted by Gasteiger charge is -2.40. The van der Waals surface area contributed by atoms with E-state index in [9.17, 15) is 29.4 Å². The molecular weight excluding hydrogens is 731 g/mol. The zero-order chi connectivity index (χ0) is 38.5. The number of phenolic OH excluding ortho intramolecular Hbond substituents is 2. The molecule has 0 spiro atoms. The van der Waals surface area contributed by atoms with Crippen LogP contribution in [0, 0.1) is 5.92 Å². The van der Waals surface area contributed by atoms with Gasteiger partial charge in [-0.25, -0.2) is 0 Å². The van der Waals surface area contributed by atoms with Gasteiger partial charge in [0.2, 0.25) is 11.8 Å². The van der Waals surface area contributed by atoms with E-state index in [2.05, 4.69) is 32.1 Å². The number of fused-ring (bicyclic) bond motifs is 2. The summed E-state index contributed by atoms with van der Waals surface area (Å²) in [6, 6.07) is 25.0. The number of ether oxygens (including phenoxy) is 1. The van der Waals surface area contributed by atoms with Gasteiger partial charge in [0.25, 0.3) is 11.8 Å². The molecule has 0 aliphatic carbocycles. The van der Waals surface area contributed by atoms with Crippen LogP contribution in [0.4, 0.5) is 11.4 Å². The molecule has 5 aromatic rings. The topological polar surface area (TPSA) is 143 Å². The second-order valence-corrected chi connectivity index (χ2v) is 16.0. The number of piperidine rings is 2. The largest absolute Gasteiger partial charge is 0.508 e. The van der Waals surface area contributed by atoms with E-state index in [4.69, 9.17) is 4.74 Å². The SMILES string of the molecule is O=C1CCC(N2C(=O)c3ccc(N4CCN(CC5CCN(c6ccc(Oc7c(-c8ccc(O)cc8)sc8cc(O)ccc78)cc6)CC5)CC4)cc3C2=O)C(=O)N1. The number of imide groups is 2. The first-order valence-corrected chi connectivity index (χ1v) is 19.9. The van der Waals surface area contributed by atoms with E-state index in [0.717, 1.165) is 107 Å². The van der Waals surface area contributed by atoms with Crippen LogP contribution < -0.4 is 19.9 Å². The highest BCUT2D eigenvalue weighted by atomic mass is 32.1. The average Bonchev–Trinajstić information content (AvgIpc) is 3.68. The van der Waals surface area contributed by atoms with Crippen LogP contribution in [-0.4, -0.2) is 95.5 Å². The summed E-state index contributed by atoms with van der Waals surface area (Å²) in [5.74, 6) is 0.496. The van der Waals surface area contributed by atoms with Crippen molar-refractivity contribution in [2.75, 3.05) is 55.6 Å². The highest BCUT2D eigenvalue weighted by Gasteiger charge is 2.45. The summed E-state index contributed by atoms with van der Waals surface area (Å²) in [4.78, 5) is 59.7. The van der Waals surface area contributed by atoms with Gasteiger partial charge in [-0.1, -0.05) is 0 Å². The van der Waals surface area contributed by atoms with Crippen LogP contribution in [-0.2, 0) is 9.59 Å². The van der Waals surface area contributed by atoms with Crippen LogP contribution in [0.15, 0.2) is 84.9 Å². The highest BCUT2D eigenvalue weighted by molar-refractivity contribution is 7.22. The van der Waals surface area contributed by atoms with Gasteiger partial charge < -0.3 is 24.7 Å². The number of carbonyl (C=O) groups is 4. The Morgan fingerprint density at radius 1 is 0.696 bits per heavy atom. The summed E-state index contributed by atoms with van der Waals surface area (Å²) in [7, 11) is 0. The Kier molecular flexibility index (Phi) is 9.34. The lowest BCUT2D eigenvalue weighted by atomic mass is 9.95. The van der Waals surface area contributed by atoms with E-state index in [1.807, 2.05) is 36.4 Å². The Morgan fingerprint density at radius 3 is 2.11 bits per heavy atom. The van der Waals surface area contributed by atoms with E-state index in [-0.39, 0.29) is 30.2 Å². The van der Waals surface area contributed by atoms with Gasteiger partial charge in [-0.2, -0.15) is 0 Å². The number of phenols is 2. The van der Waals surface area contributed by atoms with Crippen molar-refractivity contribution in [2.24, 2.45) is 5.92 Å². The fourth-order valence-corrected chi connectivity index (χ4v) is 9.56. The van der Waals surface area contributed by atoms with Gasteiger partial charge in [0.15, 0.2) is 5.75 Å². The van der Waals surface area contributed by atoms with Crippen LogP contribution in [0.25, 0.3) is 20.5 Å². The van der Waals surface area contributed by atoms with E-state index in [1.54, 1.807) is 47.7 Å². The van der Waals surface area contributed by atoms with Crippen LogP contribution in [0.1, 0.15) is 46.4 Å². The van der Waals surface area contributed by atoms with Crippen molar-refractivity contribution in [1.29, 1.82) is 0 Å². The fourth-order valence-electron chi connectivity index (χ4n) is 8.39. The predicted molar refractivity (Wildman–Crippen MR) is 214 cm³/mol. The first-order chi connectivity index (χ1) is 27.2. The van der Waals surface area contributed by atoms with Gasteiger partial charge in [0.1, 0.15) is 23.3 Å². The quantitative estimate of drug-likeness (QED) is 0.156. The predicted octanol–water partition coefficient (Wildman–Crippen LogP) is 6.21. The number of piperazine rings is 1. The van der Waals surface area contributed by atoms with E-state index < -0.39 is 23.8 Å². The van der Waals surface area contributed by atoms with Gasteiger partial charge >= 0.3 is 0 Å². The molecule has 4 aliphatic rings. The van der Waals surface area contributed by atoms with Gasteiger partial charge in [-0.3, -0.25) is 34.3 Å². The van der Waals surface area contributed by atoms with E-state index >= 15 is 0 Å². The normalized spacial score (nSPS) is 19.5. The number of nitrogens with one attached hydrogen (secondary N) is 1. The molecule has 13 heteroatoms. The van der Waals surface area contributed by atoms with Gasteiger partial charge in [-0.15, -0.1) is 11.3 Å². The maximum atomic E-state index is 13.3. The molecule has 56 heavy (non-hydrogen) atoms. The number of nitrogens with zero attached hydrogens (tertiary/aromatic N) is 4. The summed E-state index contributed by atoms with van der Waals surface area (Å²) >= 11 is 1.54. The van der Waals surface area contributed by atoms with Gasteiger partial charge in [-0.05, 0) is 116 Å². The molecule has 1 unspecified atom stereocenters. The Hall–Kier alpha value is -5.92. The van der Waals surface area contributed by atoms with Crippen molar-refractivity contribution < 1.29 is 34.1 Å². The van der Waals surface area contributed by atoms with Crippen molar-refractivity contribution in [3.63, 3.8) is 0 Å². The van der Waals surface area contributed by atoms with Crippen molar-refractivity contribution in [2.45, 2.75) is 31.7 Å². The molecule has 4 amide bonds. The molecule has 0 radical (unpaired) electrons. The molecule has 4 aliphatic heterocycles. The standard InChI is InChI=1S/C43H41N5O7S/c49-30-6-1-27(2-7-30)40-39(34-12-8-31(50)24-37(34)56-40)55-32-9-3-28(4-10-32)46-17-15-26(16-18-46)25-45-19-21-47(22-20-45)29-5-11-33-35(23-29)43(54)48(42(33)53)36-13-14-38(51)44-41(36)52/h1-12,23-24,26,36,49-50H,13-22,25H2,(H,44,51,52). The lowest BCUT2D eigenvalue weighted by molar-refractivity contribution is -0.136. The third-order valence-corrected chi connectivity index (χ3v) is 12.7. The number of anilines is 2. The molecule has 1 atom stereocenters. The van der Waals surface area contributed by atoms with Crippen molar-refractivity contribution in [1.82, 2.24) is 15.1 Å². The Labute approximate surface area is 327 Å². The summed E-state index contributed by atoms with van der Waals surface area (Å²) in [5, 5.41) is 23.1. The zero-order valence-corrected chi connectivity index (χ0v) is 31.5. The molecule has 9 rings (SSSR count). The van der Waals surface area contributed by atoms with Crippen molar-refractivity contribution in [3.05, 3.63) is 96.1 Å². The fraction of sp³-hybridized carbons (Fsp3) is 0.302. The minimum absolute atomic E-state index is 0.0945. The van der Waals surface area contributed by atoms with Crippen LogP contribution in [0.3, 0.4) is 0 Å². The highest BCUT2D eigenvalue weighted by Crippen LogP contribution is 2.47. The summed E-state index contributed by atoms with van der Waals surface area (Å²) in [6.45, 7) is 6.43. The summed E-state index contributed by atoms with van der Waals surface area (Å²) in [5.41, 5.74) is 3.59. The Balaban J connectivity index is 0.777. The molecule has 3 fully saturated rings. The zero-order valence-electron chi connectivity index (χ0n) is 30.6. The summed E-state index contributed by atoms with van der Waals surface area (Å²) < 4.78 is 7.43. The maximum Gasteiger partial charge on any atom is 0.262 e. The number of carbonyl (C=O) groups excluding carboxylic acids is 4. The molecule has 4 aromatic carbocycles. The Bertz CT molecular complexity index is 2350. The number of amides is 4. The molecule has 5 heterocycles. The minimum Gasteiger partial charge on any atom is -0.508 e. The number of hydrogen-bond acceptors (Lipinski definition) is 11. The molecule has 3 saturated heterocycles. The first-order valence-electron chi connectivity index (χ1n) is 19.1. The monoisotopic (exact) mass is 771 g/mol. The van der Waals surface area contributed by atoms with Crippen molar-refractivity contribution >= 4 is 56.4 Å². The third-order valence-electron chi connectivity index (χ3n) is 11.5. The van der Waals surface area contributed by atoms with Crippen molar-refractivity contribution in [3.8, 4) is 33.4 Å². The number of rotatable bonds is 8. The van der Waals surface area contributed by atoms with Crippen LogP contribution >= 0.6 is 11.3 Å². The molecule has 0 saturated carbocycles. The Morgan fingerprint density at radius 2 is 1.38 bits per heavy atom. The smallest absolute Gasteiger partial charge is 0.262 e. The van der Waals surface area contributed by atoms with E-state index in [1.165, 1.54) is 0 Å². The molecular formula is C43H41N5O7S. The lowest BCUT2D eigenvalue weighted by Crippen LogP contribution is -2.54. The van der Waals surface area contributed by atoms with E-state index in [0.29, 0.717) is 17.0 Å². The second-order valence-electron chi connectivity index (χ2n) is 15.0. The first kappa shape index (κ1) is 35.8. The molecule has 3 N–H and O–H groups in total. The number of benzene rings is 4. The minimum atomic E-state index is -0.969. The van der Waals surface area contributed by atoms with Gasteiger partial charge in [0, 0.05) is 73.7 Å². The molecule has 12 nitrogen and oxygen atoms in total.